The predicted molar refractivity (Wildman–Crippen MR) is 72.8 cm³/mol. The zero-order valence-electron chi connectivity index (χ0n) is 11.4. The highest BCUT2D eigenvalue weighted by Gasteiger charge is 2.33. The van der Waals surface area contributed by atoms with Crippen LogP contribution in [-0.4, -0.2) is 74.9 Å². The first-order chi connectivity index (χ1) is 8.92. The number of piperidine rings is 1. The number of nitrogens with zero attached hydrogens (tertiary/aromatic N) is 2. The van der Waals surface area contributed by atoms with Crippen LogP contribution in [-0.2, 0) is 4.74 Å². The Kier molecular flexibility index (Phi) is 4.52. The third-order valence-electron chi connectivity index (χ3n) is 4.80. The van der Waals surface area contributed by atoms with Crippen molar-refractivity contribution in [1.29, 1.82) is 0 Å². The van der Waals surface area contributed by atoms with Gasteiger partial charge in [0, 0.05) is 25.7 Å². The van der Waals surface area contributed by atoms with E-state index >= 15 is 0 Å². The van der Waals surface area contributed by atoms with E-state index in [1.807, 2.05) is 0 Å². The first kappa shape index (κ1) is 12.9. The van der Waals surface area contributed by atoms with Gasteiger partial charge in [0.2, 0.25) is 0 Å². The van der Waals surface area contributed by atoms with Crippen molar-refractivity contribution >= 4 is 0 Å². The molecule has 0 amide bonds. The lowest BCUT2D eigenvalue weighted by Gasteiger charge is -2.31. The molecule has 0 radical (unpaired) electrons. The number of nitrogens with one attached hydrogen (secondary N) is 1. The first-order valence-electron chi connectivity index (χ1n) is 7.68. The molecule has 3 atom stereocenters. The van der Waals surface area contributed by atoms with Gasteiger partial charge in [0.25, 0.3) is 0 Å². The van der Waals surface area contributed by atoms with Crippen LogP contribution >= 0.6 is 0 Å². The average Bonchev–Trinajstić information content (AvgIpc) is 2.81. The van der Waals surface area contributed by atoms with Crippen LogP contribution < -0.4 is 5.32 Å². The summed E-state index contributed by atoms with van der Waals surface area (Å²) in [7, 11) is 0. The van der Waals surface area contributed by atoms with Crippen LogP contribution in [0, 0.1) is 5.92 Å². The molecule has 3 saturated heterocycles. The summed E-state index contributed by atoms with van der Waals surface area (Å²) in [6, 6.07) is 0.799. The summed E-state index contributed by atoms with van der Waals surface area (Å²) < 4.78 is 5.37. The van der Waals surface area contributed by atoms with Gasteiger partial charge < -0.3 is 15.0 Å². The number of rotatable bonds is 5. The second kappa shape index (κ2) is 6.33. The van der Waals surface area contributed by atoms with E-state index in [2.05, 4.69) is 15.1 Å². The molecule has 0 aromatic heterocycles. The van der Waals surface area contributed by atoms with Crippen molar-refractivity contribution in [3.63, 3.8) is 0 Å². The molecule has 0 spiro atoms. The topological polar surface area (TPSA) is 27.7 Å². The molecule has 0 aromatic rings. The van der Waals surface area contributed by atoms with Crippen LogP contribution in [0.3, 0.4) is 0 Å². The lowest BCUT2D eigenvalue weighted by Crippen LogP contribution is -2.45. The Morgan fingerprint density at radius 1 is 1.06 bits per heavy atom. The Labute approximate surface area is 111 Å². The summed E-state index contributed by atoms with van der Waals surface area (Å²) in [6.45, 7) is 10.5. The number of fused-ring (bicyclic) bond motifs is 2. The molecule has 1 N–H and O–H groups in total. The largest absolute Gasteiger partial charge is 0.379 e. The summed E-state index contributed by atoms with van der Waals surface area (Å²) in [5.74, 6) is 0.933. The second-order valence-corrected chi connectivity index (χ2v) is 6.01. The maximum atomic E-state index is 5.37. The molecule has 3 rings (SSSR count). The molecule has 3 heterocycles. The van der Waals surface area contributed by atoms with Crippen molar-refractivity contribution in [3.05, 3.63) is 0 Å². The average molecular weight is 253 g/mol. The third kappa shape index (κ3) is 3.23. The molecule has 104 valence electrons. The van der Waals surface area contributed by atoms with Gasteiger partial charge in [0.1, 0.15) is 0 Å². The third-order valence-corrected chi connectivity index (χ3v) is 4.80. The molecule has 3 aliphatic heterocycles. The summed E-state index contributed by atoms with van der Waals surface area (Å²) in [5.41, 5.74) is 0. The van der Waals surface area contributed by atoms with Crippen molar-refractivity contribution in [3.8, 4) is 0 Å². The number of morpholine rings is 1. The highest BCUT2D eigenvalue weighted by atomic mass is 16.5. The van der Waals surface area contributed by atoms with Gasteiger partial charge in [0.15, 0.2) is 0 Å². The smallest absolute Gasteiger partial charge is 0.0594 e. The molecular formula is C14H27N3O. The van der Waals surface area contributed by atoms with Crippen molar-refractivity contribution in [2.45, 2.75) is 25.3 Å². The van der Waals surface area contributed by atoms with E-state index in [0.717, 1.165) is 38.3 Å². The molecule has 3 aliphatic rings. The van der Waals surface area contributed by atoms with Crippen LogP contribution in [0.15, 0.2) is 0 Å². The molecular weight excluding hydrogens is 226 g/mol. The van der Waals surface area contributed by atoms with Crippen molar-refractivity contribution in [1.82, 2.24) is 15.1 Å². The Balaban J connectivity index is 1.30. The van der Waals surface area contributed by atoms with E-state index in [1.165, 1.54) is 52.0 Å². The van der Waals surface area contributed by atoms with E-state index in [0.29, 0.717) is 0 Å². The fourth-order valence-corrected chi connectivity index (χ4v) is 3.64. The van der Waals surface area contributed by atoms with E-state index in [1.54, 1.807) is 0 Å². The van der Waals surface area contributed by atoms with Crippen molar-refractivity contribution in [2.75, 3.05) is 59.0 Å². The summed E-state index contributed by atoms with van der Waals surface area (Å²) in [4.78, 5) is 5.15. The van der Waals surface area contributed by atoms with Gasteiger partial charge in [-0.25, -0.2) is 0 Å². The maximum Gasteiger partial charge on any atom is 0.0594 e. The van der Waals surface area contributed by atoms with Crippen molar-refractivity contribution in [2.24, 2.45) is 5.92 Å². The number of hydrogen-bond donors (Lipinski definition) is 1. The summed E-state index contributed by atoms with van der Waals surface area (Å²) in [5, 5.41) is 3.80. The van der Waals surface area contributed by atoms with Gasteiger partial charge in [-0.3, -0.25) is 4.90 Å². The Hall–Kier alpha value is -0.160. The molecule has 3 unspecified atom stereocenters. The van der Waals surface area contributed by atoms with Crippen LogP contribution in [0.25, 0.3) is 0 Å². The van der Waals surface area contributed by atoms with Crippen LogP contribution in [0.4, 0.5) is 0 Å². The standard InChI is InChI=1S/C14H27N3O/c1(5-16-8-10-18-11-9-16)4-15-14-3-7-17-6-2-13(14)12-17/h13-15H,1-12H2. The Bertz CT molecular complexity index is 255. The highest BCUT2D eigenvalue weighted by Crippen LogP contribution is 2.26. The quantitative estimate of drug-likeness (QED) is 0.718. The van der Waals surface area contributed by atoms with E-state index in [4.69, 9.17) is 4.74 Å². The summed E-state index contributed by atoms with van der Waals surface area (Å²) >= 11 is 0. The number of ether oxygens (including phenoxy) is 1. The van der Waals surface area contributed by atoms with Crippen molar-refractivity contribution < 1.29 is 4.74 Å². The van der Waals surface area contributed by atoms with Gasteiger partial charge >= 0.3 is 0 Å². The zero-order chi connectivity index (χ0) is 12.2. The molecule has 0 saturated carbocycles. The Morgan fingerprint density at radius 3 is 2.78 bits per heavy atom. The molecule has 3 fully saturated rings. The molecule has 0 aliphatic carbocycles. The molecule has 4 nitrogen and oxygen atoms in total. The molecule has 18 heavy (non-hydrogen) atoms. The van der Waals surface area contributed by atoms with Gasteiger partial charge in [-0.1, -0.05) is 0 Å². The monoisotopic (exact) mass is 253 g/mol. The second-order valence-electron chi connectivity index (χ2n) is 6.01. The minimum Gasteiger partial charge on any atom is -0.379 e. The molecule has 2 bridgehead atoms. The SMILES string of the molecule is C(CNC1CCN2CCC1C2)CN1CCOCC1. The molecule has 0 aromatic carbocycles. The number of hydrogen-bond acceptors (Lipinski definition) is 4. The van der Waals surface area contributed by atoms with Crippen LogP contribution in [0.1, 0.15) is 19.3 Å². The minimum atomic E-state index is 0.799. The normalized spacial score (nSPS) is 37.0. The van der Waals surface area contributed by atoms with Gasteiger partial charge in [-0.15, -0.1) is 0 Å². The van der Waals surface area contributed by atoms with Crippen LogP contribution in [0.5, 0.6) is 0 Å². The maximum absolute atomic E-state index is 5.37. The minimum absolute atomic E-state index is 0.799. The molecule has 4 heteroatoms. The first-order valence-corrected chi connectivity index (χ1v) is 7.68. The van der Waals surface area contributed by atoms with E-state index < -0.39 is 0 Å². The van der Waals surface area contributed by atoms with Gasteiger partial charge in [0.05, 0.1) is 13.2 Å². The summed E-state index contributed by atoms with van der Waals surface area (Å²) in [6.07, 6.45) is 4.07. The van der Waals surface area contributed by atoms with E-state index in [9.17, 15) is 0 Å². The lowest BCUT2D eigenvalue weighted by molar-refractivity contribution is 0.0372. The fraction of sp³-hybridized carbons (Fsp3) is 1.00. The van der Waals surface area contributed by atoms with Crippen LogP contribution in [0.2, 0.25) is 0 Å². The predicted octanol–water partition coefficient (Wildman–Crippen LogP) is 0.393. The van der Waals surface area contributed by atoms with Gasteiger partial charge in [-0.2, -0.15) is 0 Å². The fourth-order valence-electron chi connectivity index (χ4n) is 3.64. The van der Waals surface area contributed by atoms with Gasteiger partial charge in [-0.05, 0) is 51.4 Å². The lowest BCUT2D eigenvalue weighted by atomic mass is 9.94. The zero-order valence-corrected chi connectivity index (χ0v) is 11.4. The Morgan fingerprint density at radius 2 is 1.89 bits per heavy atom. The van der Waals surface area contributed by atoms with E-state index in [-0.39, 0.29) is 0 Å². The highest BCUT2D eigenvalue weighted by molar-refractivity contribution is 4.90.